The number of hydrogen-bond donors (Lipinski definition) is 1. The van der Waals surface area contributed by atoms with Gasteiger partial charge in [0.2, 0.25) is 5.91 Å². The normalized spacial score (nSPS) is 16.3. The highest BCUT2D eigenvalue weighted by atomic mass is 32.2. The Kier molecular flexibility index (Phi) is 5.52. The lowest BCUT2D eigenvalue weighted by molar-refractivity contribution is -0.384. The Hall–Kier alpha value is -2.87. The van der Waals surface area contributed by atoms with Crippen molar-refractivity contribution in [3.8, 4) is 0 Å². The molecule has 3 rings (SSSR count). The Morgan fingerprint density at radius 1 is 1.15 bits per heavy atom. The fourth-order valence-corrected chi connectivity index (χ4v) is 3.80. The summed E-state index contributed by atoms with van der Waals surface area (Å²) in [5, 5.41) is 13.5. The third-order valence-corrected chi connectivity index (χ3v) is 5.09. The summed E-state index contributed by atoms with van der Waals surface area (Å²) in [6.45, 7) is 0.255. The quantitative estimate of drug-likeness (QED) is 0.644. The molecule has 0 unspecified atom stereocenters. The highest BCUT2D eigenvalue weighted by Gasteiger charge is 2.34. The van der Waals surface area contributed by atoms with Gasteiger partial charge in [0.15, 0.2) is 0 Å². The summed E-state index contributed by atoms with van der Waals surface area (Å²) in [5.74, 6) is 0.636. The molecule has 1 heterocycles. The van der Waals surface area contributed by atoms with E-state index >= 15 is 0 Å². The molecule has 2 aromatic carbocycles. The van der Waals surface area contributed by atoms with Gasteiger partial charge in [0, 0.05) is 30.0 Å². The highest BCUT2D eigenvalue weighted by molar-refractivity contribution is 7.99. The van der Waals surface area contributed by atoms with E-state index < -0.39 is 11.0 Å². The summed E-state index contributed by atoms with van der Waals surface area (Å²) in [5.41, 5.74) is 1.32. The van der Waals surface area contributed by atoms with Crippen LogP contribution in [0, 0.1) is 10.1 Å². The van der Waals surface area contributed by atoms with Crippen molar-refractivity contribution in [3.63, 3.8) is 0 Å². The number of nitrogens with one attached hydrogen (secondary N) is 1. The van der Waals surface area contributed by atoms with Crippen molar-refractivity contribution in [2.24, 2.45) is 0 Å². The molecule has 2 amide bonds. The molecular formula is C18H17N3O4S. The highest BCUT2D eigenvalue weighted by Crippen LogP contribution is 2.23. The van der Waals surface area contributed by atoms with E-state index in [9.17, 15) is 19.7 Å². The van der Waals surface area contributed by atoms with Crippen LogP contribution in [0.15, 0.2) is 54.6 Å². The molecule has 7 nitrogen and oxygen atoms in total. The molecule has 26 heavy (non-hydrogen) atoms. The van der Waals surface area contributed by atoms with Crippen LogP contribution in [-0.4, -0.2) is 39.3 Å². The summed E-state index contributed by atoms with van der Waals surface area (Å²) < 4.78 is 0. The first-order valence-electron chi connectivity index (χ1n) is 8.01. The molecule has 2 aromatic rings. The fraction of sp³-hybridized carbons (Fsp3) is 0.222. The third kappa shape index (κ3) is 4.02. The van der Waals surface area contributed by atoms with Crippen molar-refractivity contribution in [3.05, 3.63) is 75.8 Å². The van der Waals surface area contributed by atoms with Gasteiger partial charge in [-0.2, -0.15) is 0 Å². The van der Waals surface area contributed by atoms with Gasteiger partial charge in [0.05, 0.1) is 10.8 Å². The van der Waals surface area contributed by atoms with Crippen LogP contribution >= 0.6 is 11.8 Å². The minimum Gasteiger partial charge on any atom is -0.350 e. The smallest absolute Gasteiger partial charge is 0.269 e. The topological polar surface area (TPSA) is 92.5 Å². The molecule has 0 saturated carbocycles. The Morgan fingerprint density at radius 3 is 2.50 bits per heavy atom. The molecular weight excluding hydrogens is 354 g/mol. The van der Waals surface area contributed by atoms with Crippen molar-refractivity contribution >= 4 is 29.3 Å². The summed E-state index contributed by atoms with van der Waals surface area (Å²) in [4.78, 5) is 36.9. The Morgan fingerprint density at radius 2 is 1.85 bits per heavy atom. The predicted octanol–water partition coefficient (Wildman–Crippen LogP) is 2.43. The maximum atomic E-state index is 12.6. The molecule has 1 atom stereocenters. The van der Waals surface area contributed by atoms with E-state index in [1.165, 1.54) is 23.9 Å². The monoisotopic (exact) mass is 371 g/mol. The van der Waals surface area contributed by atoms with E-state index in [1.54, 1.807) is 41.3 Å². The molecule has 1 N–H and O–H groups in total. The largest absolute Gasteiger partial charge is 0.350 e. The van der Waals surface area contributed by atoms with Gasteiger partial charge in [0.1, 0.15) is 6.04 Å². The van der Waals surface area contributed by atoms with E-state index in [4.69, 9.17) is 0 Å². The molecule has 0 bridgehead atoms. The first kappa shape index (κ1) is 17.9. The first-order valence-corrected chi connectivity index (χ1v) is 9.16. The number of rotatable bonds is 5. The molecule has 0 aliphatic carbocycles. The second-order valence-electron chi connectivity index (χ2n) is 5.80. The number of nitrogens with zero attached hydrogens (tertiary/aromatic N) is 2. The SMILES string of the molecule is O=C(NCc1ccc([N+](=O)[O-])cc1)[C@H]1CSCN1C(=O)c1ccccc1. The standard InChI is InChI=1S/C18H17N3O4S/c22-17(19-10-13-6-8-15(9-7-13)21(24)25)16-11-26-12-20(16)18(23)14-4-2-1-3-5-14/h1-9,16H,10-12H2,(H,19,22)/t16-/m1/s1. The third-order valence-electron chi connectivity index (χ3n) is 4.08. The molecule has 1 saturated heterocycles. The van der Waals surface area contributed by atoms with Crippen LogP contribution in [-0.2, 0) is 11.3 Å². The maximum Gasteiger partial charge on any atom is 0.269 e. The predicted molar refractivity (Wildman–Crippen MR) is 98.7 cm³/mol. The average molecular weight is 371 g/mol. The molecule has 1 aliphatic rings. The van der Waals surface area contributed by atoms with Gasteiger partial charge < -0.3 is 10.2 Å². The second-order valence-corrected chi connectivity index (χ2v) is 6.80. The lowest BCUT2D eigenvalue weighted by Crippen LogP contribution is -2.47. The second kappa shape index (κ2) is 8.01. The van der Waals surface area contributed by atoms with Crippen LogP contribution in [0.4, 0.5) is 5.69 Å². The van der Waals surface area contributed by atoms with E-state index in [1.807, 2.05) is 6.07 Å². The summed E-state index contributed by atoms with van der Waals surface area (Å²) in [7, 11) is 0. The lowest BCUT2D eigenvalue weighted by Gasteiger charge is -2.23. The zero-order valence-corrected chi connectivity index (χ0v) is 14.6. The van der Waals surface area contributed by atoms with E-state index in [0.29, 0.717) is 17.2 Å². The van der Waals surface area contributed by atoms with Gasteiger partial charge >= 0.3 is 0 Å². The Labute approximate surface area is 154 Å². The molecule has 0 aromatic heterocycles. The molecule has 1 fully saturated rings. The van der Waals surface area contributed by atoms with Crippen molar-refractivity contribution < 1.29 is 14.5 Å². The van der Waals surface area contributed by atoms with E-state index in [2.05, 4.69) is 5.32 Å². The van der Waals surface area contributed by atoms with Gasteiger partial charge in [-0.15, -0.1) is 11.8 Å². The van der Waals surface area contributed by atoms with Crippen LogP contribution in [0.25, 0.3) is 0 Å². The van der Waals surface area contributed by atoms with Gasteiger partial charge in [0.25, 0.3) is 11.6 Å². The maximum absolute atomic E-state index is 12.6. The van der Waals surface area contributed by atoms with Crippen molar-refractivity contribution in [1.82, 2.24) is 10.2 Å². The Balaban J connectivity index is 1.61. The van der Waals surface area contributed by atoms with Crippen molar-refractivity contribution in [2.45, 2.75) is 12.6 Å². The molecule has 0 radical (unpaired) electrons. The first-order chi connectivity index (χ1) is 12.6. The van der Waals surface area contributed by atoms with Crippen LogP contribution in [0.5, 0.6) is 0 Å². The number of thioether (sulfide) groups is 1. The molecule has 0 spiro atoms. The molecule has 134 valence electrons. The summed E-state index contributed by atoms with van der Waals surface area (Å²) >= 11 is 1.54. The number of nitro benzene ring substituents is 1. The van der Waals surface area contributed by atoms with Gasteiger partial charge in [-0.25, -0.2) is 0 Å². The Bertz CT molecular complexity index is 811. The zero-order chi connectivity index (χ0) is 18.5. The number of carbonyl (C=O) groups excluding carboxylic acids is 2. The minimum atomic E-state index is -0.522. The molecule has 8 heteroatoms. The van der Waals surface area contributed by atoms with Crippen LogP contribution in [0.2, 0.25) is 0 Å². The van der Waals surface area contributed by atoms with Crippen molar-refractivity contribution in [2.75, 3.05) is 11.6 Å². The fourth-order valence-electron chi connectivity index (χ4n) is 2.65. The number of hydrogen-bond acceptors (Lipinski definition) is 5. The van der Waals surface area contributed by atoms with Crippen molar-refractivity contribution in [1.29, 1.82) is 0 Å². The van der Waals surface area contributed by atoms with E-state index in [0.717, 1.165) is 5.56 Å². The summed E-state index contributed by atoms with van der Waals surface area (Å²) in [6.07, 6.45) is 0. The minimum absolute atomic E-state index is 0.00639. The van der Waals surface area contributed by atoms with Crippen LogP contribution in [0.1, 0.15) is 15.9 Å². The lowest BCUT2D eigenvalue weighted by atomic mass is 10.1. The van der Waals surface area contributed by atoms with Crippen LogP contribution < -0.4 is 5.32 Å². The number of nitro groups is 1. The summed E-state index contributed by atoms with van der Waals surface area (Å²) in [6, 6.07) is 14.4. The molecule has 1 aliphatic heterocycles. The zero-order valence-electron chi connectivity index (χ0n) is 13.8. The number of carbonyl (C=O) groups is 2. The van der Waals surface area contributed by atoms with Gasteiger partial charge in [-0.1, -0.05) is 30.3 Å². The van der Waals surface area contributed by atoms with Gasteiger partial charge in [-0.05, 0) is 17.7 Å². The van der Waals surface area contributed by atoms with E-state index in [-0.39, 0.29) is 24.0 Å². The number of amides is 2. The number of benzene rings is 2. The van der Waals surface area contributed by atoms with Gasteiger partial charge in [-0.3, -0.25) is 19.7 Å². The van der Waals surface area contributed by atoms with Crippen LogP contribution in [0.3, 0.4) is 0 Å². The average Bonchev–Trinajstić information content (AvgIpc) is 3.16. The number of non-ortho nitro benzene ring substituents is 1.